The van der Waals surface area contributed by atoms with Gasteiger partial charge in [-0.1, -0.05) is 13.8 Å². The van der Waals surface area contributed by atoms with Crippen LogP contribution in [0.2, 0.25) is 0 Å². The summed E-state index contributed by atoms with van der Waals surface area (Å²) in [5.74, 6) is 1.23. The number of hydrogen-bond donors (Lipinski definition) is 1. The number of hydrogen-bond acceptors (Lipinski definition) is 2. The Morgan fingerprint density at radius 3 is 3.00 bits per heavy atom. The molecule has 1 heterocycles. The molecule has 2 rings (SSSR count). The molecule has 18 heavy (non-hydrogen) atoms. The van der Waals surface area contributed by atoms with Crippen molar-refractivity contribution < 1.29 is 9.13 Å². The minimum atomic E-state index is -0.200. The second-order valence-corrected chi connectivity index (χ2v) is 5.89. The molecule has 1 aliphatic rings. The van der Waals surface area contributed by atoms with Crippen molar-refractivity contribution in [3.63, 3.8) is 0 Å². The van der Waals surface area contributed by atoms with Gasteiger partial charge in [-0.15, -0.1) is 11.6 Å². The lowest BCUT2D eigenvalue weighted by Crippen LogP contribution is -2.37. The Labute approximate surface area is 112 Å². The largest absolute Gasteiger partial charge is 0.488 e. The highest BCUT2D eigenvalue weighted by atomic mass is 35.5. The van der Waals surface area contributed by atoms with Gasteiger partial charge in [-0.3, -0.25) is 0 Å². The number of benzene rings is 1. The molecule has 1 aliphatic heterocycles. The van der Waals surface area contributed by atoms with Gasteiger partial charge in [0.25, 0.3) is 0 Å². The number of rotatable bonds is 5. The van der Waals surface area contributed by atoms with Crippen LogP contribution in [-0.2, 0) is 6.42 Å². The van der Waals surface area contributed by atoms with Crippen molar-refractivity contribution in [2.75, 3.05) is 19.0 Å². The summed E-state index contributed by atoms with van der Waals surface area (Å²) < 4.78 is 18.8. The molecule has 1 unspecified atom stereocenters. The van der Waals surface area contributed by atoms with E-state index < -0.39 is 0 Å². The molecular formula is C14H19ClFNO. The predicted molar refractivity (Wildman–Crippen MR) is 71.9 cm³/mol. The van der Waals surface area contributed by atoms with E-state index in [1.54, 1.807) is 12.1 Å². The van der Waals surface area contributed by atoms with Crippen LogP contribution < -0.4 is 10.1 Å². The van der Waals surface area contributed by atoms with Crippen LogP contribution in [0.4, 0.5) is 4.39 Å². The van der Waals surface area contributed by atoms with Crippen LogP contribution >= 0.6 is 11.6 Å². The van der Waals surface area contributed by atoms with Gasteiger partial charge in [0.05, 0.1) is 0 Å². The highest BCUT2D eigenvalue weighted by molar-refractivity contribution is 6.18. The fourth-order valence-electron chi connectivity index (χ4n) is 2.02. The zero-order valence-corrected chi connectivity index (χ0v) is 11.6. The highest BCUT2D eigenvalue weighted by Gasteiger charge is 2.24. The van der Waals surface area contributed by atoms with Crippen LogP contribution in [0.25, 0.3) is 0 Å². The first-order valence-corrected chi connectivity index (χ1v) is 6.75. The molecule has 0 amide bonds. The van der Waals surface area contributed by atoms with Gasteiger partial charge in [0.2, 0.25) is 0 Å². The lowest BCUT2D eigenvalue weighted by atomic mass is 9.96. The average Bonchev–Trinajstić information content (AvgIpc) is 2.70. The number of nitrogens with one attached hydrogen (secondary N) is 1. The normalized spacial score (nSPS) is 18.6. The molecule has 4 heteroatoms. The van der Waals surface area contributed by atoms with E-state index in [-0.39, 0.29) is 17.3 Å². The third kappa shape index (κ3) is 3.36. The monoisotopic (exact) mass is 271 g/mol. The van der Waals surface area contributed by atoms with Crippen molar-refractivity contribution >= 4 is 11.6 Å². The summed E-state index contributed by atoms with van der Waals surface area (Å²) in [6, 6.07) is 4.69. The Balaban J connectivity index is 1.81. The number of halogens is 2. The summed E-state index contributed by atoms with van der Waals surface area (Å²) in [4.78, 5) is 0. The molecule has 0 aliphatic carbocycles. The minimum Gasteiger partial charge on any atom is -0.488 e. The van der Waals surface area contributed by atoms with E-state index in [2.05, 4.69) is 19.2 Å². The van der Waals surface area contributed by atoms with Gasteiger partial charge >= 0.3 is 0 Å². The summed E-state index contributed by atoms with van der Waals surface area (Å²) in [6.45, 7) is 5.84. The van der Waals surface area contributed by atoms with Crippen molar-refractivity contribution in [3.8, 4) is 5.75 Å². The molecule has 0 bridgehead atoms. The lowest BCUT2D eigenvalue weighted by molar-refractivity contribution is 0.220. The zero-order valence-electron chi connectivity index (χ0n) is 10.8. The van der Waals surface area contributed by atoms with E-state index in [4.69, 9.17) is 16.3 Å². The summed E-state index contributed by atoms with van der Waals surface area (Å²) in [7, 11) is 0. The van der Waals surface area contributed by atoms with E-state index >= 15 is 0 Å². The molecule has 0 saturated heterocycles. The molecule has 2 nitrogen and oxygen atoms in total. The first-order valence-electron chi connectivity index (χ1n) is 6.22. The maximum Gasteiger partial charge on any atom is 0.123 e. The quantitative estimate of drug-likeness (QED) is 0.832. The Kier molecular flexibility index (Phi) is 4.13. The molecule has 1 atom stereocenters. The molecule has 0 fully saturated rings. The fraction of sp³-hybridized carbons (Fsp3) is 0.571. The maximum absolute atomic E-state index is 13.1. The van der Waals surface area contributed by atoms with E-state index in [1.807, 2.05) is 0 Å². The Morgan fingerprint density at radius 2 is 2.28 bits per heavy atom. The van der Waals surface area contributed by atoms with Gasteiger partial charge in [0, 0.05) is 31.0 Å². The number of fused-ring (bicyclic) bond motifs is 1. The third-order valence-corrected chi connectivity index (χ3v) is 3.82. The van der Waals surface area contributed by atoms with E-state index in [0.29, 0.717) is 5.88 Å². The van der Waals surface area contributed by atoms with Crippen LogP contribution in [0.3, 0.4) is 0 Å². The summed E-state index contributed by atoms with van der Waals surface area (Å²) in [5, 5.41) is 3.36. The van der Waals surface area contributed by atoms with E-state index in [9.17, 15) is 4.39 Å². The Bertz CT molecular complexity index is 422. The van der Waals surface area contributed by atoms with Crippen LogP contribution in [0.5, 0.6) is 5.75 Å². The standard InChI is InChI=1S/C14H19ClFNO/c1-14(2,8-15)9-17-7-12-6-10-5-11(16)3-4-13(10)18-12/h3-5,12,17H,6-9H2,1-2H3. The van der Waals surface area contributed by atoms with Crippen molar-refractivity contribution in [1.82, 2.24) is 5.32 Å². The SMILES string of the molecule is CC(C)(CCl)CNCC1Cc2cc(F)ccc2O1. The fourth-order valence-corrected chi connectivity index (χ4v) is 2.12. The molecule has 1 aromatic rings. The van der Waals surface area contributed by atoms with Gasteiger partial charge in [-0.25, -0.2) is 4.39 Å². The van der Waals surface area contributed by atoms with Gasteiger partial charge < -0.3 is 10.1 Å². The Hall–Kier alpha value is -0.800. The smallest absolute Gasteiger partial charge is 0.123 e. The molecule has 0 saturated carbocycles. The molecule has 0 spiro atoms. The minimum absolute atomic E-state index is 0.0825. The van der Waals surface area contributed by atoms with Gasteiger partial charge in [0.15, 0.2) is 0 Å². The number of ether oxygens (including phenoxy) is 1. The van der Waals surface area contributed by atoms with Crippen molar-refractivity contribution in [2.45, 2.75) is 26.4 Å². The van der Waals surface area contributed by atoms with E-state index in [0.717, 1.165) is 30.8 Å². The van der Waals surface area contributed by atoms with Gasteiger partial charge in [-0.2, -0.15) is 0 Å². The van der Waals surface area contributed by atoms with Crippen LogP contribution in [0.15, 0.2) is 18.2 Å². The van der Waals surface area contributed by atoms with Gasteiger partial charge in [-0.05, 0) is 23.6 Å². The van der Waals surface area contributed by atoms with Crippen LogP contribution in [0.1, 0.15) is 19.4 Å². The molecular weight excluding hydrogens is 253 g/mol. The topological polar surface area (TPSA) is 21.3 Å². The van der Waals surface area contributed by atoms with E-state index in [1.165, 1.54) is 6.07 Å². The third-order valence-electron chi connectivity index (χ3n) is 3.10. The first-order chi connectivity index (χ1) is 8.50. The molecule has 1 N–H and O–H groups in total. The molecule has 100 valence electrons. The van der Waals surface area contributed by atoms with Crippen LogP contribution in [-0.4, -0.2) is 25.1 Å². The van der Waals surface area contributed by atoms with Crippen molar-refractivity contribution in [2.24, 2.45) is 5.41 Å². The van der Waals surface area contributed by atoms with Gasteiger partial charge in [0.1, 0.15) is 17.7 Å². The van der Waals surface area contributed by atoms with Crippen molar-refractivity contribution in [1.29, 1.82) is 0 Å². The highest BCUT2D eigenvalue weighted by Crippen LogP contribution is 2.29. The van der Waals surface area contributed by atoms with Crippen LogP contribution in [0, 0.1) is 11.2 Å². The second kappa shape index (κ2) is 5.45. The second-order valence-electron chi connectivity index (χ2n) is 5.62. The van der Waals surface area contributed by atoms with Crippen molar-refractivity contribution in [3.05, 3.63) is 29.6 Å². The predicted octanol–water partition coefficient (Wildman–Crippen LogP) is 2.98. The summed E-state index contributed by atoms with van der Waals surface area (Å²) in [5.41, 5.74) is 1.04. The summed E-state index contributed by atoms with van der Waals surface area (Å²) >= 11 is 5.87. The number of alkyl halides is 1. The Morgan fingerprint density at radius 1 is 1.50 bits per heavy atom. The first kappa shape index (κ1) is 13.6. The summed E-state index contributed by atoms with van der Waals surface area (Å²) in [6.07, 6.45) is 0.856. The maximum atomic E-state index is 13.1. The molecule has 0 aromatic heterocycles. The average molecular weight is 272 g/mol. The zero-order chi connectivity index (χ0) is 13.2. The lowest BCUT2D eigenvalue weighted by Gasteiger charge is -2.22. The molecule has 1 aromatic carbocycles. The molecule has 0 radical (unpaired) electrons.